The maximum absolute atomic E-state index is 13.8. The fourth-order valence-corrected chi connectivity index (χ4v) is 5.28. The number of nitrogens with zero attached hydrogens (tertiary/aromatic N) is 3. The van der Waals surface area contributed by atoms with E-state index in [0.717, 1.165) is 43.6 Å². The first-order valence-electron chi connectivity index (χ1n) is 13.3. The van der Waals surface area contributed by atoms with E-state index < -0.39 is 6.04 Å². The second-order valence-corrected chi connectivity index (χ2v) is 10.6. The number of hydrogen-bond donors (Lipinski definition) is 2. The van der Waals surface area contributed by atoms with Crippen LogP contribution in [0.3, 0.4) is 0 Å². The maximum Gasteiger partial charge on any atom is 0.256 e. The monoisotopic (exact) mass is 545 g/mol. The van der Waals surface area contributed by atoms with Gasteiger partial charge in [-0.25, -0.2) is 4.98 Å². The molecule has 8 nitrogen and oxygen atoms in total. The van der Waals surface area contributed by atoms with Crippen LogP contribution in [-0.4, -0.2) is 58.2 Å². The molecule has 3 heterocycles. The Morgan fingerprint density at radius 2 is 1.82 bits per heavy atom. The van der Waals surface area contributed by atoms with E-state index >= 15 is 0 Å². The first-order valence-corrected chi connectivity index (χ1v) is 13.7. The van der Waals surface area contributed by atoms with Crippen molar-refractivity contribution >= 4 is 40.8 Å². The standard InChI is InChI=1S/C30H32ClN5O3/c1-20-5-12-27(32-18-20)34-28(37)22-8-6-21(7-9-22)19-36-26(13-16-35-14-3-2-4-15-35)29(38)33-25-17-23(31)10-11-24(25)30(36)39/h5-12,17-18,26H,2-4,13-16,19H2,1H3,(H,33,38)(H,32,34,37)/t26-/m1/s1. The number of fused-ring (bicyclic) bond motifs is 1. The molecule has 0 unspecified atom stereocenters. The Balaban J connectivity index is 1.35. The average Bonchev–Trinajstić information content (AvgIpc) is 3.03. The van der Waals surface area contributed by atoms with Crippen LogP contribution >= 0.6 is 11.6 Å². The molecular formula is C30H32ClN5O3. The smallest absolute Gasteiger partial charge is 0.256 e. The van der Waals surface area contributed by atoms with Crippen LogP contribution in [0.25, 0.3) is 0 Å². The van der Waals surface area contributed by atoms with E-state index in [-0.39, 0.29) is 24.3 Å². The van der Waals surface area contributed by atoms with E-state index in [1.807, 2.05) is 25.1 Å². The summed E-state index contributed by atoms with van der Waals surface area (Å²) >= 11 is 6.17. The summed E-state index contributed by atoms with van der Waals surface area (Å²) in [7, 11) is 0. The normalized spacial score (nSPS) is 17.8. The highest BCUT2D eigenvalue weighted by Gasteiger charge is 2.35. The molecule has 39 heavy (non-hydrogen) atoms. The number of nitrogens with one attached hydrogen (secondary N) is 2. The quantitative estimate of drug-likeness (QED) is 0.429. The summed E-state index contributed by atoms with van der Waals surface area (Å²) in [5, 5.41) is 6.18. The van der Waals surface area contributed by atoms with E-state index in [9.17, 15) is 14.4 Å². The molecule has 1 saturated heterocycles. The minimum atomic E-state index is -0.638. The van der Waals surface area contributed by atoms with Crippen LogP contribution in [0.1, 0.15) is 57.5 Å². The number of carbonyl (C=O) groups is 3. The third-order valence-corrected chi connectivity index (χ3v) is 7.53. The number of carbonyl (C=O) groups excluding carboxylic acids is 3. The minimum absolute atomic E-state index is 0.219. The van der Waals surface area contributed by atoms with Crippen LogP contribution in [0, 0.1) is 6.92 Å². The predicted octanol–water partition coefficient (Wildman–Crippen LogP) is 5.13. The molecule has 3 aromatic rings. The van der Waals surface area contributed by atoms with Crippen molar-refractivity contribution in [3.8, 4) is 0 Å². The highest BCUT2D eigenvalue weighted by molar-refractivity contribution is 6.31. The lowest BCUT2D eigenvalue weighted by Crippen LogP contribution is -2.47. The summed E-state index contributed by atoms with van der Waals surface area (Å²) in [5.74, 6) is -0.238. The lowest BCUT2D eigenvalue weighted by atomic mass is 10.1. The SMILES string of the molecule is Cc1ccc(NC(=O)c2ccc(CN3C(=O)c4ccc(Cl)cc4NC(=O)[C@H]3CCN3CCCCC3)cc2)nc1. The Labute approximate surface area is 233 Å². The van der Waals surface area contributed by atoms with Gasteiger partial charge in [0.25, 0.3) is 11.8 Å². The number of amides is 3. The van der Waals surface area contributed by atoms with Gasteiger partial charge in [-0.3, -0.25) is 14.4 Å². The van der Waals surface area contributed by atoms with Gasteiger partial charge in [0.05, 0.1) is 11.3 Å². The molecule has 0 aliphatic carbocycles. The molecule has 1 aromatic heterocycles. The summed E-state index contributed by atoms with van der Waals surface area (Å²) in [6.07, 6.45) is 5.77. The molecule has 3 amide bonds. The number of halogens is 1. The Morgan fingerprint density at radius 3 is 2.54 bits per heavy atom. The van der Waals surface area contributed by atoms with Crippen molar-refractivity contribution in [1.29, 1.82) is 0 Å². The van der Waals surface area contributed by atoms with Crippen LogP contribution < -0.4 is 10.6 Å². The maximum atomic E-state index is 13.8. The number of aryl methyl sites for hydroxylation is 1. The summed E-state index contributed by atoms with van der Waals surface area (Å²) < 4.78 is 0. The zero-order valence-electron chi connectivity index (χ0n) is 22.0. The largest absolute Gasteiger partial charge is 0.323 e. The van der Waals surface area contributed by atoms with E-state index in [4.69, 9.17) is 11.6 Å². The van der Waals surface area contributed by atoms with Crippen LogP contribution in [0.4, 0.5) is 11.5 Å². The van der Waals surface area contributed by atoms with Crippen molar-refractivity contribution in [2.45, 2.75) is 45.2 Å². The second kappa shape index (κ2) is 12.0. The van der Waals surface area contributed by atoms with Gasteiger partial charge in [-0.1, -0.05) is 36.2 Å². The van der Waals surface area contributed by atoms with Crippen molar-refractivity contribution in [2.75, 3.05) is 30.3 Å². The zero-order valence-corrected chi connectivity index (χ0v) is 22.7. The molecule has 2 aliphatic rings. The first-order chi connectivity index (χ1) is 18.9. The Bertz CT molecular complexity index is 1350. The number of aromatic nitrogens is 1. The van der Waals surface area contributed by atoms with Gasteiger partial charge >= 0.3 is 0 Å². The van der Waals surface area contributed by atoms with Crippen LogP contribution in [0.15, 0.2) is 60.8 Å². The van der Waals surface area contributed by atoms with Crippen LogP contribution in [0.5, 0.6) is 0 Å². The number of benzene rings is 2. The number of pyridine rings is 1. The third-order valence-electron chi connectivity index (χ3n) is 7.30. The molecule has 2 aromatic carbocycles. The molecule has 0 bridgehead atoms. The van der Waals surface area contributed by atoms with Crippen LogP contribution in [0.2, 0.25) is 5.02 Å². The molecule has 202 valence electrons. The highest BCUT2D eigenvalue weighted by atomic mass is 35.5. The van der Waals surface area contributed by atoms with Crippen LogP contribution in [-0.2, 0) is 11.3 Å². The van der Waals surface area contributed by atoms with Crippen molar-refractivity contribution in [3.05, 3.63) is 88.1 Å². The Kier molecular flexibility index (Phi) is 8.24. The number of anilines is 2. The number of piperidine rings is 1. The van der Waals surface area contributed by atoms with Gasteiger partial charge in [0, 0.05) is 29.9 Å². The molecule has 9 heteroatoms. The van der Waals surface area contributed by atoms with Crippen molar-refractivity contribution < 1.29 is 14.4 Å². The van der Waals surface area contributed by atoms with Gasteiger partial charge in [-0.05, 0) is 86.8 Å². The third kappa shape index (κ3) is 6.46. The summed E-state index contributed by atoms with van der Waals surface area (Å²) in [6.45, 7) is 4.94. The summed E-state index contributed by atoms with van der Waals surface area (Å²) in [4.78, 5) is 48.1. The van der Waals surface area contributed by atoms with Gasteiger partial charge in [-0.2, -0.15) is 0 Å². The van der Waals surface area contributed by atoms with Gasteiger partial charge in [0.2, 0.25) is 5.91 Å². The molecule has 0 spiro atoms. The fraction of sp³-hybridized carbons (Fsp3) is 0.333. The van der Waals surface area contributed by atoms with Gasteiger partial charge in [-0.15, -0.1) is 0 Å². The molecule has 5 rings (SSSR count). The molecule has 2 N–H and O–H groups in total. The van der Waals surface area contributed by atoms with Gasteiger partial charge in [0.1, 0.15) is 11.9 Å². The zero-order chi connectivity index (χ0) is 27.4. The van der Waals surface area contributed by atoms with E-state index in [0.29, 0.717) is 34.1 Å². The topological polar surface area (TPSA) is 94.6 Å². The molecule has 1 fully saturated rings. The summed E-state index contributed by atoms with van der Waals surface area (Å²) in [5.41, 5.74) is 3.15. The lowest BCUT2D eigenvalue weighted by molar-refractivity contribution is -0.121. The van der Waals surface area contributed by atoms with E-state index in [2.05, 4.69) is 20.5 Å². The number of hydrogen-bond acceptors (Lipinski definition) is 5. The van der Waals surface area contributed by atoms with Crippen molar-refractivity contribution in [3.63, 3.8) is 0 Å². The lowest BCUT2D eigenvalue weighted by Gasteiger charge is -2.32. The Morgan fingerprint density at radius 1 is 1.05 bits per heavy atom. The van der Waals surface area contributed by atoms with E-state index in [1.54, 1.807) is 47.5 Å². The highest BCUT2D eigenvalue weighted by Crippen LogP contribution is 2.29. The molecule has 2 aliphatic heterocycles. The average molecular weight is 546 g/mol. The summed E-state index contributed by atoms with van der Waals surface area (Å²) in [6, 6.07) is 15.0. The Hall–Kier alpha value is -3.75. The number of likely N-dealkylation sites (tertiary alicyclic amines) is 1. The number of rotatable bonds is 7. The first kappa shape index (κ1) is 26.8. The second-order valence-electron chi connectivity index (χ2n) is 10.2. The molecular weight excluding hydrogens is 514 g/mol. The van der Waals surface area contributed by atoms with E-state index in [1.165, 1.54) is 6.42 Å². The minimum Gasteiger partial charge on any atom is -0.323 e. The molecule has 0 radical (unpaired) electrons. The van der Waals surface area contributed by atoms with Crippen molar-refractivity contribution in [2.24, 2.45) is 0 Å². The van der Waals surface area contributed by atoms with Crippen molar-refractivity contribution in [1.82, 2.24) is 14.8 Å². The molecule has 0 saturated carbocycles. The predicted molar refractivity (Wildman–Crippen MR) is 152 cm³/mol. The van der Waals surface area contributed by atoms with Gasteiger partial charge < -0.3 is 20.4 Å². The van der Waals surface area contributed by atoms with Gasteiger partial charge in [0.15, 0.2) is 0 Å². The fourth-order valence-electron chi connectivity index (χ4n) is 5.11. The molecule has 1 atom stereocenters.